The van der Waals surface area contributed by atoms with Gasteiger partial charge in [0.1, 0.15) is 17.3 Å². The fourth-order valence-corrected chi connectivity index (χ4v) is 6.09. The molecule has 35 heavy (non-hydrogen) atoms. The van der Waals surface area contributed by atoms with E-state index in [2.05, 4.69) is 19.9 Å². The number of amides is 1. The average Bonchev–Trinajstić information content (AvgIpc) is 3.03. The number of carbonyl (C=O) groups excluding carboxylic acids is 2. The van der Waals surface area contributed by atoms with Crippen molar-refractivity contribution in [3.8, 4) is 6.07 Å². The monoisotopic (exact) mass is 466 g/mol. The van der Waals surface area contributed by atoms with Gasteiger partial charge >= 0.3 is 0 Å². The van der Waals surface area contributed by atoms with Crippen LogP contribution in [0.3, 0.4) is 0 Å². The number of nitrogens with two attached hydrogens (primary N) is 1. The molecule has 1 amide bonds. The van der Waals surface area contributed by atoms with E-state index in [1.54, 1.807) is 4.90 Å². The smallest absolute Gasteiger partial charge is 0.247 e. The largest absolute Gasteiger partial charge is 0.384 e. The van der Waals surface area contributed by atoms with Crippen LogP contribution < -0.4 is 15.5 Å². The second-order valence-electron chi connectivity index (χ2n) is 10.5. The highest BCUT2D eigenvalue weighted by molar-refractivity contribution is 6.20. The van der Waals surface area contributed by atoms with Crippen molar-refractivity contribution in [2.75, 3.05) is 16.3 Å². The van der Waals surface area contributed by atoms with Gasteiger partial charge in [-0.15, -0.1) is 0 Å². The minimum Gasteiger partial charge on any atom is -0.384 e. The number of carbonyl (C=O) groups is 2. The SMILES string of the molecule is CCCN1C(=O)C2(C(C#N)=C(N)N(c3ccccc3C)C3=C2C(=O)CC(C)(C)C3)c2ccccc21. The molecule has 0 radical (unpaired) electrons. The first-order chi connectivity index (χ1) is 16.7. The van der Waals surface area contributed by atoms with E-state index >= 15 is 0 Å². The Labute approximate surface area is 206 Å². The lowest BCUT2D eigenvalue weighted by atomic mass is 9.60. The van der Waals surface area contributed by atoms with E-state index < -0.39 is 5.41 Å². The van der Waals surface area contributed by atoms with E-state index in [-0.39, 0.29) is 28.5 Å². The summed E-state index contributed by atoms with van der Waals surface area (Å²) in [7, 11) is 0. The van der Waals surface area contributed by atoms with E-state index in [9.17, 15) is 14.9 Å². The second-order valence-corrected chi connectivity index (χ2v) is 10.5. The van der Waals surface area contributed by atoms with Crippen LogP contribution in [0.1, 0.15) is 51.2 Å². The Kier molecular flexibility index (Phi) is 5.14. The number of Topliss-reactive ketones (excluding diaryl/α,β-unsaturated/α-hetero) is 1. The van der Waals surface area contributed by atoms with Crippen LogP contribution in [-0.2, 0) is 15.0 Å². The first-order valence-corrected chi connectivity index (χ1v) is 12.1. The molecular formula is C29H30N4O2. The number of benzene rings is 2. The molecule has 6 nitrogen and oxygen atoms in total. The number of rotatable bonds is 3. The molecule has 2 heterocycles. The first-order valence-electron chi connectivity index (χ1n) is 12.1. The molecule has 1 spiro atoms. The van der Waals surface area contributed by atoms with E-state index in [0.29, 0.717) is 30.5 Å². The Hall–Kier alpha value is -3.85. The molecule has 3 aliphatic rings. The molecule has 0 saturated heterocycles. The van der Waals surface area contributed by atoms with Gasteiger partial charge in [0.05, 0.1) is 11.3 Å². The molecule has 5 rings (SSSR count). The summed E-state index contributed by atoms with van der Waals surface area (Å²) in [4.78, 5) is 32.0. The number of ketones is 1. The van der Waals surface area contributed by atoms with Crippen molar-refractivity contribution >= 4 is 23.1 Å². The minimum absolute atomic E-state index is 0.100. The van der Waals surface area contributed by atoms with Gasteiger partial charge in [-0.25, -0.2) is 0 Å². The fourth-order valence-electron chi connectivity index (χ4n) is 6.09. The summed E-state index contributed by atoms with van der Waals surface area (Å²) in [5, 5.41) is 10.5. The number of hydrogen-bond acceptors (Lipinski definition) is 5. The van der Waals surface area contributed by atoms with Gasteiger partial charge in [-0.05, 0) is 42.9 Å². The fraction of sp³-hybridized carbons (Fsp3) is 0.345. The number of aryl methyl sites for hydroxylation is 1. The summed E-state index contributed by atoms with van der Waals surface area (Å²) < 4.78 is 0. The quantitative estimate of drug-likeness (QED) is 0.699. The van der Waals surface area contributed by atoms with Crippen LogP contribution >= 0.6 is 0 Å². The molecule has 0 saturated carbocycles. The number of nitriles is 1. The molecule has 2 aliphatic heterocycles. The number of para-hydroxylation sites is 2. The first kappa shape index (κ1) is 22.9. The van der Waals surface area contributed by atoms with Crippen molar-refractivity contribution in [2.24, 2.45) is 11.1 Å². The molecule has 0 fully saturated rings. The van der Waals surface area contributed by atoms with E-state index in [4.69, 9.17) is 5.73 Å². The molecule has 0 aromatic heterocycles. The van der Waals surface area contributed by atoms with E-state index in [0.717, 1.165) is 29.1 Å². The Morgan fingerprint density at radius 3 is 2.34 bits per heavy atom. The zero-order valence-electron chi connectivity index (χ0n) is 20.7. The summed E-state index contributed by atoms with van der Waals surface area (Å²) in [6.07, 6.45) is 1.61. The predicted molar refractivity (Wildman–Crippen MR) is 136 cm³/mol. The van der Waals surface area contributed by atoms with Gasteiger partial charge in [-0.3, -0.25) is 14.5 Å². The highest BCUT2D eigenvalue weighted by Gasteiger charge is 2.63. The third kappa shape index (κ3) is 3.01. The van der Waals surface area contributed by atoms with Gasteiger partial charge in [0, 0.05) is 35.5 Å². The number of fused-ring (bicyclic) bond motifs is 3. The lowest BCUT2D eigenvalue weighted by Crippen LogP contribution is -2.54. The van der Waals surface area contributed by atoms with Gasteiger partial charge < -0.3 is 10.6 Å². The Morgan fingerprint density at radius 1 is 1.03 bits per heavy atom. The number of anilines is 2. The number of allylic oxidation sites excluding steroid dienone is 1. The van der Waals surface area contributed by atoms with Gasteiger partial charge in [0.25, 0.3) is 0 Å². The molecule has 0 bridgehead atoms. The summed E-state index contributed by atoms with van der Waals surface area (Å²) in [5.74, 6) is -0.144. The van der Waals surface area contributed by atoms with Gasteiger partial charge in [0.15, 0.2) is 5.78 Å². The van der Waals surface area contributed by atoms with E-state index in [1.165, 1.54) is 0 Å². The topological polar surface area (TPSA) is 90.4 Å². The zero-order chi connectivity index (χ0) is 25.1. The Balaban J connectivity index is 1.92. The summed E-state index contributed by atoms with van der Waals surface area (Å²) >= 11 is 0. The third-order valence-electron chi connectivity index (χ3n) is 7.45. The molecule has 1 unspecified atom stereocenters. The Morgan fingerprint density at radius 2 is 1.69 bits per heavy atom. The van der Waals surface area contributed by atoms with Gasteiger partial charge in [0.2, 0.25) is 5.91 Å². The van der Waals surface area contributed by atoms with Crippen LogP contribution in [0.15, 0.2) is 71.2 Å². The molecule has 2 N–H and O–H groups in total. The normalized spacial score (nSPS) is 23.1. The van der Waals surface area contributed by atoms with Crippen LogP contribution in [0.25, 0.3) is 0 Å². The molecular weight excluding hydrogens is 436 g/mol. The van der Waals surface area contributed by atoms with Crippen molar-refractivity contribution in [3.05, 3.63) is 82.3 Å². The van der Waals surface area contributed by atoms with Gasteiger partial charge in [-0.1, -0.05) is 57.2 Å². The lowest BCUT2D eigenvalue weighted by Gasteiger charge is -2.47. The summed E-state index contributed by atoms with van der Waals surface area (Å²) in [6.45, 7) is 8.61. The van der Waals surface area contributed by atoms with Crippen LogP contribution in [0.4, 0.5) is 11.4 Å². The molecule has 6 heteroatoms. The highest BCUT2D eigenvalue weighted by atomic mass is 16.2. The van der Waals surface area contributed by atoms with Crippen molar-refractivity contribution < 1.29 is 9.59 Å². The molecule has 2 aromatic rings. The number of hydrogen-bond donors (Lipinski definition) is 1. The molecule has 1 aliphatic carbocycles. The van der Waals surface area contributed by atoms with Crippen LogP contribution in [0.2, 0.25) is 0 Å². The maximum absolute atomic E-state index is 14.4. The summed E-state index contributed by atoms with van der Waals surface area (Å²) in [6, 6.07) is 17.6. The van der Waals surface area contributed by atoms with Crippen molar-refractivity contribution in [2.45, 2.75) is 52.4 Å². The predicted octanol–water partition coefficient (Wildman–Crippen LogP) is 4.85. The maximum atomic E-state index is 14.4. The van der Waals surface area contributed by atoms with Crippen LogP contribution in [0, 0.1) is 23.7 Å². The molecule has 1 atom stereocenters. The number of nitrogens with zero attached hydrogens (tertiary/aromatic N) is 3. The van der Waals surface area contributed by atoms with E-state index in [1.807, 2.05) is 67.3 Å². The molecule has 2 aromatic carbocycles. The second kappa shape index (κ2) is 7.84. The maximum Gasteiger partial charge on any atom is 0.247 e. The van der Waals surface area contributed by atoms with Crippen molar-refractivity contribution in [1.29, 1.82) is 5.26 Å². The summed E-state index contributed by atoms with van der Waals surface area (Å²) in [5.41, 5.74) is 9.45. The average molecular weight is 467 g/mol. The lowest BCUT2D eigenvalue weighted by molar-refractivity contribution is -0.125. The van der Waals surface area contributed by atoms with Crippen molar-refractivity contribution in [3.63, 3.8) is 0 Å². The van der Waals surface area contributed by atoms with Gasteiger partial charge in [-0.2, -0.15) is 5.26 Å². The third-order valence-corrected chi connectivity index (χ3v) is 7.45. The van der Waals surface area contributed by atoms with Crippen LogP contribution in [0.5, 0.6) is 0 Å². The Bertz CT molecular complexity index is 1380. The standard InChI is InChI=1S/C29H30N4O2/c1-5-14-32-22-13-9-7-11-19(22)29(27(32)35)20(17-30)26(31)33(21-12-8-6-10-18(21)2)23-15-28(3,4)16-24(34)25(23)29/h6-13H,5,14-16,31H2,1-4H3. The van der Waals surface area contributed by atoms with Crippen LogP contribution in [-0.4, -0.2) is 18.2 Å². The zero-order valence-corrected chi connectivity index (χ0v) is 20.7. The highest BCUT2D eigenvalue weighted by Crippen LogP contribution is 2.58. The molecule has 178 valence electrons. The van der Waals surface area contributed by atoms with Crippen molar-refractivity contribution in [1.82, 2.24) is 0 Å². The minimum atomic E-state index is -1.52.